The Balaban J connectivity index is 2.30. The summed E-state index contributed by atoms with van der Waals surface area (Å²) in [5.74, 6) is 0.549. The van der Waals surface area contributed by atoms with Gasteiger partial charge in [0, 0.05) is 29.7 Å². The number of nitro benzene ring substituents is 1. The zero-order valence-electron chi connectivity index (χ0n) is 15.7. The highest BCUT2D eigenvalue weighted by Gasteiger charge is 2.20. The lowest BCUT2D eigenvalue weighted by Crippen LogP contribution is -2.30. The van der Waals surface area contributed by atoms with Crippen molar-refractivity contribution >= 4 is 33.2 Å². The monoisotopic (exact) mass is 370 g/mol. The van der Waals surface area contributed by atoms with Gasteiger partial charge in [-0.05, 0) is 45.3 Å². The van der Waals surface area contributed by atoms with Crippen molar-refractivity contribution in [2.45, 2.75) is 13.0 Å². The molecule has 1 heterocycles. The number of fused-ring (bicyclic) bond motifs is 2. The number of rotatable bonds is 6. The van der Waals surface area contributed by atoms with Crippen molar-refractivity contribution in [1.82, 2.24) is 9.88 Å². The van der Waals surface area contributed by atoms with E-state index in [4.69, 9.17) is 4.74 Å². The van der Waals surface area contributed by atoms with Gasteiger partial charge in [-0.1, -0.05) is 0 Å². The number of anilines is 1. The molecule has 0 fully saturated rings. The third kappa shape index (κ3) is 3.56. The van der Waals surface area contributed by atoms with Crippen LogP contribution in [0.25, 0.3) is 21.8 Å². The summed E-state index contributed by atoms with van der Waals surface area (Å²) >= 11 is 0. The number of likely N-dealkylation sites (N-methyl/N-ethyl adjacent to an activating group) is 1. The minimum Gasteiger partial charge on any atom is -0.497 e. The fourth-order valence-electron chi connectivity index (χ4n) is 3.30. The molecular weight excluding hydrogens is 348 g/mol. The maximum atomic E-state index is 13.2. The summed E-state index contributed by atoms with van der Waals surface area (Å²) in [6.45, 7) is 2.74. The predicted molar refractivity (Wildman–Crippen MR) is 107 cm³/mol. The Bertz CT molecular complexity index is 1070. The number of nitro groups is 1. The van der Waals surface area contributed by atoms with Gasteiger partial charge >= 0.3 is 0 Å². The SMILES string of the molecule is COc1ccc2[nH]c3c([N+](=O)[O-])ccc(NC(C)CN(C)C)c3c(=O)c2c1. The molecule has 0 aliphatic heterocycles. The van der Waals surface area contributed by atoms with Crippen molar-refractivity contribution in [2.24, 2.45) is 0 Å². The van der Waals surface area contributed by atoms with Gasteiger partial charge in [0.2, 0.25) is 0 Å². The van der Waals surface area contributed by atoms with Crippen LogP contribution in [0.5, 0.6) is 5.75 Å². The second-order valence-corrected chi connectivity index (χ2v) is 6.81. The first-order chi connectivity index (χ1) is 12.8. The molecule has 3 rings (SSSR count). The maximum absolute atomic E-state index is 13.2. The lowest BCUT2D eigenvalue weighted by molar-refractivity contribution is -0.383. The van der Waals surface area contributed by atoms with E-state index in [-0.39, 0.29) is 28.1 Å². The van der Waals surface area contributed by atoms with Crippen LogP contribution in [0.15, 0.2) is 35.1 Å². The molecule has 0 saturated heterocycles. The fourth-order valence-corrected chi connectivity index (χ4v) is 3.30. The van der Waals surface area contributed by atoms with Crippen LogP contribution in [0, 0.1) is 10.1 Å². The second kappa shape index (κ2) is 7.24. The van der Waals surface area contributed by atoms with Gasteiger partial charge in [-0.25, -0.2) is 0 Å². The second-order valence-electron chi connectivity index (χ2n) is 6.81. The molecule has 27 heavy (non-hydrogen) atoms. The van der Waals surface area contributed by atoms with Crippen LogP contribution in [-0.4, -0.2) is 48.6 Å². The lowest BCUT2D eigenvalue weighted by atomic mass is 10.1. The van der Waals surface area contributed by atoms with Gasteiger partial charge in [-0.3, -0.25) is 14.9 Å². The highest BCUT2D eigenvalue weighted by Crippen LogP contribution is 2.31. The number of non-ortho nitro benzene ring substituents is 1. The predicted octanol–water partition coefficient (Wildman–Crippen LogP) is 2.96. The smallest absolute Gasteiger partial charge is 0.293 e. The number of benzene rings is 2. The molecule has 2 N–H and O–H groups in total. The van der Waals surface area contributed by atoms with Crippen LogP contribution < -0.4 is 15.5 Å². The number of H-pyrrole nitrogens is 1. The topological polar surface area (TPSA) is 100 Å². The van der Waals surface area contributed by atoms with Crippen LogP contribution in [0.3, 0.4) is 0 Å². The Hall–Kier alpha value is -3.13. The molecule has 0 aliphatic rings. The van der Waals surface area contributed by atoms with Crippen molar-refractivity contribution in [2.75, 3.05) is 33.1 Å². The van der Waals surface area contributed by atoms with Crippen molar-refractivity contribution in [3.05, 3.63) is 50.7 Å². The summed E-state index contributed by atoms with van der Waals surface area (Å²) in [7, 11) is 5.44. The van der Waals surface area contributed by atoms with E-state index >= 15 is 0 Å². The van der Waals surface area contributed by atoms with Gasteiger partial charge in [0.15, 0.2) is 5.43 Å². The summed E-state index contributed by atoms with van der Waals surface area (Å²) in [6, 6.07) is 8.08. The third-order valence-electron chi connectivity index (χ3n) is 4.38. The average molecular weight is 370 g/mol. The van der Waals surface area contributed by atoms with Crippen molar-refractivity contribution < 1.29 is 9.66 Å². The molecule has 1 unspecified atom stereocenters. The largest absolute Gasteiger partial charge is 0.497 e. The third-order valence-corrected chi connectivity index (χ3v) is 4.38. The van der Waals surface area contributed by atoms with Crippen molar-refractivity contribution in [1.29, 1.82) is 0 Å². The maximum Gasteiger partial charge on any atom is 0.293 e. The summed E-state index contributed by atoms with van der Waals surface area (Å²) in [6.07, 6.45) is 0. The van der Waals surface area contributed by atoms with E-state index in [1.165, 1.54) is 13.2 Å². The minimum atomic E-state index is -0.485. The van der Waals surface area contributed by atoms with Crippen LogP contribution in [-0.2, 0) is 0 Å². The zero-order chi connectivity index (χ0) is 19.7. The number of aromatic amines is 1. The summed E-state index contributed by atoms with van der Waals surface area (Å²) in [4.78, 5) is 29.3. The van der Waals surface area contributed by atoms with Crippen molar-refractivity contribution in [3.8, 4) is 5.75 Å². The molecule has 8 heteroatoms. The molecule has 3 aromatic rings. The number of ether oxygens (including phenoxy) is 1. The van der Waals surface area contributed by atoms with E-state index in [0.717, 1.165) is 6.54 Å². The van der Waals surface area contributed by atoms with E-state index in [2.05, 4.69) is 10.3 Å². The molecule has 0 saturated carbocycles. The number of methoxy groups -OCH3 is 1. The molecule has 8 nitrogen and oxygen atoms in total. The molecule has 0 spiro atoms. The number of pyridine rings is 1. The fraction of sp³-hybridized carbons (Fsp3) is 0.316. The number of aromatic nitrogens is 1. The highest BCUT2D eigenvalue weighted by atomic mass is 16.6. The van der Waals surface area contributed by atoms with Gasteiger partial charge in [-0.15, -0.1) is 0 Å². The molecular formula is C19H22N4O4. The van der Waals surface area contributed by atoms with E-state index < -0.39 is 4.92 Å². The Labute approximate surface area is 155 Å². The van der Waals surface area contributed by atoms with Crippen molar-refractivity contribution in [3.63, 3.8) is 0 Å². The molecule has 0 radical (unpaired) electrons. The van der Waals surface area contributed by atoms with E-state index in [0.29, 0.717) is 22.3 Å². The van der Waals surface area contributed by atoms with E-state index in [9.17, 15) is 14.9 Å². The van der Waals surface area contributed by atoms with Gasteiger partial charge in [-0.2, -0.15) is 0 Å². The quantitative estimate of drug-likeness (QED) is 0.393. The van der Waals surface area contributed by atoms with Gasteiger partial charge in [0.05, 0.1) is 22.9 Å². The molecule has 0 bridgehead atoms. The lowest BCUT2D eigenvalue weighted by Gasteiger charge is -2.20. The Morgan fingerprint density at radius 3 is 2.67 bits per heavy atom. The van der Waals surface area contributed by atoms with Crippen LogP contribution in [0.1, 0.15) is 6.92 Å². The standard InChI is InChI=1S/C19H22N4O4/c1-11(10-22(2)3)20-15-7-8-16(23(25)26)18-17(15)19(24)13-9-12(27-4)5-6-14(13)21-18/h5-9,11,20H,10H2,1-4H3,(H,21,24). The molecule has 1 aromatic heterocycles. The highest BCUT2D eigenvalue weighted by molar-refractivity contribution is 6.03. The first-order valence-electron chi connectivity index (χ1n) is 8.54. The minimum absolute atomic E-state index is 0.0464. The molecule has 1 atom stereocenters. The van der Waals surface area contributed by atoms with Gasteiger partial charge in [0.25, 0.3) is 5.69 Å². The van der Waals surface area contributed by atoms with Gasteiger partial charge in [0.1, 0.15) is 11.3 Å². The van der Waals surface area contributed by atoms with Gasteiger partial charge < -0.3 is 19.9 Å². The molecule has 0 aliphatic carbocycles. The summed E-state index contributed by atoms with van der Waals surface area (Å²) in [5, 5.41) is 15.5. The van der Waals surface area contributed by atoms with Crippen LogP contribution >= 0.6 is 0 Å². The van der Waals surface area contributed by atoms with E-state index in [1.54, 1.807) is 24.3 Å². The average Bonchev–Trinajstić information content (AvgIpc) is 2.60. The Morgan fingerprint density at radius 2 is 2.04 bits per heavy atom. The number of hydrogen-bond acceptors (Lipinski definition) is 6. The number of nitrogens with zero attached hydrogens (tertiary/aromatic N) is 2. The normalized spacial score (nSPS) is 12.5. The molecule has 142 valence electrons. The molecule has 0 amide bonds. The van der Waals surface area contributed by atoms with Crippen LogP contribution in [0.2, 0.25) is 0 Å². The zero-order valence-corrected chi connectivity index (χ0v) is 15.7. The van der Waals surface area contributed by atoms with E-state index in [1.807, 2.05) is 25.9 Å². The first kappa shape index (κ1) is 18.7. The molecule has 2 aromatic carbocycles. The number of hydrogen-bond donors (Lipinski definition) is 2. The Kier molecular flexibility index (Phi) is 5.00. The number of nitrogens with one attached hydrogen (secondary N) is 2. The van der Waals surface area contributed by atoms with Crippen LogP contribution in [0.4, 0.5) is 11.4 Å². The Morgan fingerprint density at radius 1 is 1.30 bits per heavy atom. The first-order valence-corrected chi connectivity index (χ1v) is 8.54. The summed E-state index contributed by atoms with van der Waals surface area (Å²) in [5.41, 5.74) is 0.891. The summed E-state index contributed by atoms with van der Waals surface area (Å²) < 4.78 is 5.21.